The minimum absolute atomic E-state index is 0.198. The second-order valence-electron chi connectivity index (χ2n) is 7.26. The monoisotopic (exact) mass is 538 g/mol. The van der Waals surface area contributed by atoms with Crippen LogP contribution in [0.1, 0.15) is 21.7 Å². The molecule has 34 heavy (non-hydrogen) atoms. The zero-order valence-electron chi connectivity index (χ0n) is 18.7. The predicted molar refractivity (Wildman–Crippen MR) is 136 cm³/mol. The van der Waals surface area contributed by atoms with Crippen molar-refractivity contribution in [3.05, 3.63) is 94.2 Å². The van der Waals surface area contributed by atoms with E-state index >= 15 is 0 Å². The van der Waals surface area contributed by atoms with E-state index in [2.05, 4.69) is 43.6 Å². The fourth-order valence-electron chi connectivity index (χ4n) is 3.23. The highest BCUT2D eigenvalue weighted by Crippen LogP contribution is 2.27. The van der Waals surface area contributed by atoms with E-state index in [0.717, 1.165) is 26.8 Å². The number of benzene rings is 3. The average molecular weight is 539 g/mol. The molecule has 0 atom stereocenters. The molecule has 4 rings (SSSR count). The van der Waals surface area contributed by atoms with Crippen molar-refractivity contribution in [1.82, 2.24) is 20.1 Å². The summed E-state index contributed by atoms with van der Waals surface area (Å²) >= 11 is 5.05. The normalized spacial score (nSPS) is 10.7. The third kappa shape index (κ3) is 5.78. The number of thioether (sulfide) groups is 1. The molecule has 0 bridgehead atoms. The largest absolute Gasteiger partial charge is 0.497 e. The lowest BCUT2D eigenvalue weighted by Crippen LogP contribution is -2.24. The summed E-state index contributed by atoms with van der Waals surface area (Å²) in [5.74, 6) is 2.62. The number of nitrogens with zero attached hydrogens (tertiary/aromatic N) is 3. The number of carbonyl (C=O) groups is 1. The Balaban J connectivity index is 1.55. The molecule has 0 unspecified atom stereocenters. The van der Waals surface area contributed by atoms with Gasteiger partial charge >= 0.3 is 0 Å². The maximum atomic E-state index is 12.7. The summed E-state index contributed by atoms with van der Waals surface area (Å²) in [6, 6.07) is 22.8. The van der Waals surface area contributed by atoms with Crippen molar-refractivity contribution >= 4 is 33.6 Å². The number of hydrogen-bond acceptors (Lipinski definition) is 6. The van der Waals surface area contributed by atoms with Gasteiger partial charge in [-0.2, -0.15) is 0 Å². The van der Waals surface area contributed by atoms with E-state index in [1.807, 2.05) is 41.0 Å². The number of aromatic nitrogens is 3. The molecule has 1 heterocycles. The molecule has 9 heteroatoms. The molecule has 0 saturated carbocycles. The van der Waals surface area contributed by atoms with Crippen molar-refractivity contribution in [3.8, 4) is 17.2 Å². The van der Waals surface area contributed by atoms with Gasteiger partial charge in [-0.3, -0.25) is 9.36 Å². The highest BCUT2D eigenvalue weighted by Gasteiger charge is 2.16. The van der Waals surface area contributed by atoms with Crippen LogP contribution in [0, 0.1) is 0 Å². The van der Waals surface area contributed by atoms with Crippen LogP contribution in [0.25, 0.3) is 5.69 Å². The Kier molecular flexibility index (Phi) is 7.87. The Bertz CT molecular complexity index is 1240. The van der Waals surface area contributed by atoms with E-state index in [-0.39, 0.29) is 12.5 Å². The molecule has 7 nitrogen and oxygen atoms in total. The van der Waals surface area contributed by atoms with Crippen LogP contribution in [-0.2, 0) is 12.3 Å². The van der Waals surface area contributed by atoms with Crippen molar-refractivity contribution in [3.63, 3.8) is 0 Å². The molecule has 1 N–H and O–H groups in total. The van der Waals surface area contributed by atoms with Gasteiger partial charge < -0.3 is 14.8 Å². The first kappa shape index (κ1) is 23.8. The number of carbonyl (C=O) groups excluding carboxylic acids is 1. The van der Waals surface area contributed by atoms with Crippen molar-refractivity contribution in [2.75, 3.05) is 14.2 Å². The highest BCUT2D eigenvalue weighted by molar-refractivity contribution is 9.10. The van der Waals surface area contributed by atoms with Gasteiger partial charge in [-0.15, -0.1) is 10.2 Å². The van der Waals surface area contributed by atoms with Crippen LogP contribution in [-0.4, -0.2) is 34.9 Å². The molecular weight excluding hydrogens is 516 g/mol. The second kappa shape index (κ2) is 11.2. The first-order chi connectivity index (χ1) is 16.6. The smallest absolute Gasteiger partial charge is 0.251 e. The number of hydrogen-bond donors (Lipinski definition) is 1. The first-order valence-corrected chi connectivity index (χ1v) is 12.2. The predicted octanol–water partition coefficient (Wildman–Crippen LogP) is 5.27. The Morgan fingerprint density at radius 1 is 0.912 bits per heavy atom. The number of methoxy groups -OCH3 is 2. The van der Waals surface area contributed by atoms with Crippen LogP contribution in [0.5, 0.6) is 11.5 Å². The van der Waals surface area contributed by atoms with Crippen LogP contribution in [0.15, 0.2) is 82.4 Å². The van der Waals surface area contributed by atoms with Crippen molar-refractivity contribution in [2.24, 2.45) is 0 Å². The standard InChI is InChI=1S/C25H23BrN4O3S/c1-32-21-11-5-18(6-12-21)24(31)27-15-23-28-29-25(34-16-17-3-7-19(26)8-4-17)30(23)20-9-13-22(33-2)14-10-20/h3-14H,15-16H2,1-2H3,(H,27,31). The fraction of sp³-hybridized carbons (Fsp3) is 0.160. The molecule has 1 aromatic heterocycles. The van der Waals surface area contributed by atoms with Gasteiger partial charge in [0.15, 0.2) is 11.0 Å². The molecule has 0 aliphatic carbocycles. The lowest BCUT2D eigenvalue weighted by molar-refractivity contribution is 0.0949. The fourth-order valence-corrected chi connectivity index (χ4v) is 4.42. The lowest BCUT2D eigenvalue weighted by Gasteiger charge is -2.12. The molecular formula is C25H23BrN4O3S. The summed E-state index contributed by atoms with van der Waals surface area (Å²) in [4.78, 5) is 12.7. The van der Waals surface area contributed by atoms with Gasteiger partial charge in [0.2, 0.25) is 0 Å². The molecule has 174 valence electrons. The van der Waals surface area contributed by atoms with Crippen LogP contribution in [0.2, 0.25) is 0 Å². The van der Waals surface area contributed by atoms with Gasteiger partial charge in [0.05, 0.1) is 20.8 Å². The van der Waals surface area contributed by atoms with Gasteiger partial charge in [-0.1, -0.05) is 39.8 Å². The molecule has 4 aromatic rings. The number of rotatable bonds is 9. The molecule has 0 spiro atoms. The van der Waals surface area contributed by atoms with Gasteiger partial charge in [0, 0.05) is 21.5 Å². The molecule has 0 aliphatic rings. The summed E-state index contributed by atoms with van der Waals surface area (Å²) in [6.45, 7) is 0.225. The average Bonchev–Trinajstić information content (AvgIpc) is 3.29. The number of amides is 1. The first-order valence-electron chi connectivity index (χ1n) is 10.5. The van der Waals surface area contributed by atoms with Gasteiger partial charge in [-0.25, -0.2) is 0 Å². The van der Waals surface area contributed by atoms with Crippen molar-refractivity contribution < 1.29 is 14.3 Å². The SMILES string of the molecule is COc1ccc(C(=O)NCc2nnc(SCc3ccc(Br)cc3)n2-c2ccc(OC)cc2)cc1. The van der Waals surface area contributed by atoms with E-state index in [1.165, 1.54) is 5.56 Å². The van der Waals surface area contributed by atoms with E-state index < -0.39 is 0 Å². The molecule has 3 aromatic carbocycles. The molecule has 0 fully saturated rings. The third-order valence-corrected chi connectivity index (χ3v) is 6.60. The van der Waals surface area contributed by atoms with E-state index in [1.54, 1.807) is 50.2 Å². The maximum absolute atomic E-state index is 12.7. The van der Waals surface area contributed by atoms with Crippen LogP contribution in [0.4, 0.5) is 0 Å². The number of ether oxygens (including phenoxy) is 2. The molecule has 0 aliphatic heterocycles. The van der Waals surface area contributed by atoms with Crippen molar-refractivity contribution in [1.29, 1.82) is 0 Å². The van der Waals surface area contributed by atoms with Crippen molar-refractivity contribution in [2.45, 2.75) is 17.5 Å². The third-order valence-electron chi connectivity index (χ3n) is 5.07. The lowest BCUT2D eigenvalue weighted by atomic mass is 10.2. The van der Waals surface area contributed by atoms with Crippen LogP contribution >= 0.6 is 27.7 Å². The highest BCUT2D eigenvalue weighted by atomic mass is 79.9. The Morgan fingerprint density at radius 3 is 2.15 bits per heavy atom. The summed E-state index contributed by atoms with van der Waals surface area (Å²) in [5.41, 5.74) is 2.60. The maximum Gasteiger partial charge on any atom is 0.251 e. The summed E-state index contributed by atoms with van der Waals surface area (Å²) in [7, 11) is 3.22. The molecule has 1 amide bonds. The zero-order valence-corrected chi connectivity index (χ0v) is 21.1. The molecule has 0 saturated heterocycles. The summed E-state index contributed by atoms with van der Waals surface area (Å²) in [6.07, 6.45) is 0. The van der Waals surface area contributed by atoms with Crippen LogP contribution in [0.3, 0.4) is 0 Å². The number of nitrogens with one attached hydrogen (secondary N) is 1. The second-order valence-corrected chi connectivity index (χ2v) is 9.12. The number of halogens is 1. The Morgan fingerprint density at radius 2 is 1.53 bits per heavy atom. The Hall–Kier alpha value is -3.30. The zero-order chi connectivity index (χ0) is 23.9. The minimum atomic E-state index is -0.198. The summed E-state index contributed by atoms with van der Waals surface area (Å²) < 4.78 is 13.4. The minimum Gasteiger partial charge on any atom is -0.497 e. The Labute approximate surface area is 210 Å². The topological polar surface area (TPSA) is 78.3 Å². The van der Waals surface area contributed by atoms with E-state index in [4.69, 9.17) is 9.47 Å². The van der Waals surface area contributed by atoms with E-state index in [0.29, 0.717) is 17.1 Å². The van der Waals surface area contributed by atoms with E-state index in [9.17, 15) is 4.79 Å². The van der Waals surface area contributed by atoms with Gasteiger partial charge in [0.25, 0.3) is 5.91 Å². The van der Waals surface area contributed by atoms with Gasteiger partial charge in [-0.05, 0) is 66.2 Å². The quantitative estimate of drug-likeness (QED) is 0.292. The summed E-state index contributed by atoms with van der Waals surface area (Å²) in [5, 5.41) is 12.5. The van der Waals surface area contributed by atoms with Crippen LogP contribution < -0.4 is 14.8 Å². The van der Waals surface area contributed by atoms with Gasteiger partial charge in [0.1, 0.15) is 11.5 Å². The molecule has 0 radical (unpaired) electrons.